The molecule has 2 aliphatic heterocycles. The molecule has 6 rings (SSSR count). The first kappa shape index (κ1) is 29.3. The van der Waals surface area contributed by atoms with Gasteiger partial charge in [-0.05, 0) is 62.2 Å². The van der Waals surface area contributed by atoms with Gasteiger partial charge in [-0.25, -0.2) is 13.6 Å². The van der Waals surface area contributed by atoms with Gasteiger partial charge in [-0.15, -0.1) is 0 Å². The predicted octanol–water partition coefficient (Wildman–Crippen LogP) is 5.38. The fourth-order valence-corrected chi connectivity index (χ4v) is 6.71. The lowest BCUT2D eigenvalue weighted by atomic mass is 10.1. The molecule has 0 spiro atoms. The van der Waals surface area contributed by atoms with Crippen molar-refractivity contribution in [3.63, 3.8) is 0 Å². The first-order chi connectivity index (χ1) is 20.7. The molecule has 8 nitrogen and oxygen atoms in total. The van der Waals surface area contributed by atoms with Gasteiger partial charge in [-0.1, -0.05) is 18.9 Å². The number of rotatable bonds is 6. The van der Waals surface area contributed by atoms with Gasteiger partial charge in [0.2, 0.25) is 0 Å². The van der Waals surface area contributed by atoms with Gasteiger partial charge in [0.05, 0.1) is 17.7 Å². The minimum atomic E-state index is -2.78. The van der Waals surface area contributed by atoms with Gasteiger partial charge in [0.25, 0.3) is 17.7 Å². The fourth-order valence-electron chi connectivity index (χ4n) is 6.71. The molecule has 0 radical (unpaired) electrons. The van der Waals surface area contributed by atoms with Crippen LogP contribution in [0.3, 0.4) is 0 Å². The molecule has 0 bridgehead atoms. The van der Waals surface area contributed by atoms with Crippen LogP contribution in [0.2, 0.25) is 0 Å². The maximum atomic E-state index is 13.9. The molecule has 0 unspecified atom stereocenters. The van der Waals surface area contributed by atoms with Crippen molar-refractivity contribution >= 4 is 28.7 Å². The highest BCUT2D eigenvalue weighted by Crippen LogP contribution is 2.32. The zero-order valence-electron chi connectivity index (χ0n) is 24.6. The van der Waals surface area contributed by atoms with E-state index in [0.717, 1.165) is 13.1 Å². The van der Waals surface area contributed by atoms with Gasteiger partial charge in [-0.3, -0.25) is 14.5 Å². The number of likely N-dealkylation sites (tertiary alicyclic amines) is 1. The van der Waals surface area contributed by atoms with Crippen LogP contribution in [-0.4, -0.2) is 94.9 Å². The van der Waals surface area contributed by atoms with Gasteiger partial charge in [0, 0.05) is 74.8 Å². The number of alkyl halides is 2. The SMILES string of the molecule is CCOC(=O)c1cccc(-n2c(C(=O)N3CCC(F)(F)CC3)cc3cc(C(=O)N4CCN(C5CCCC5)CC4)ccc32)c1. The van der Waals surface area contributed by atoms with Crippen LogP contribution in [0.4, 0.5) is 8.78 Å². The fraction of sp³-hybridized carbons (Fsp3) is 0.485. The molecule has 1 aliphatic carbocycles. The number of fused-ring (bicyclic) bond motifs is 1. The van der Waals surface area contributed by atoms with Crippen molar-refractivity contribution in [2.24, 2.45) is 0 Å². The number of piperidine rings is 1. The van der Waals surface area contributed by atoms with Crippen LogP contribution >= 0.6 is 0 Å². The number of halogens is 2. The molecule has 1 saturated carbocycles. The Kier molecular flexibility index (Phi) is 8.22. The molecule has 2 amide bonds. The largest absolute Gasteiger partial charge is 0.462 e. The van der Waals surface area contributed by atoms with Crippen LogP contribution in [0.15, 0.2) is 48.5 Å². The van der Waals surface area contributed by atoms with E-state index >= 15 is 0 Å². The molecule has 2 aromatic carbocycles. The number of carbonyl (C=O) groups is 3. The normalized spacial score (nSPS) is 19.6. The Labute approximate surface area is 250 Å². The lowest BCUT2D eigenvalue weighted by Gasteiger charge is -2.38. The highest BCUT2D eigenvalue weighted by atomic mass is 19.3. The number of aromatic nitrogens is 1. The molecular weight excluding hydrogens is 554 g/mol. The van der Waals surface area contributed by atoms with Gasteiger partial charge < -0.3 is 19.1 Å². The lowest BCUT2D eigenvalue weighted by Crippen LogP contribution is -2.51. The van der Waals surface area contributed by atoms with Crippen molar-refractivity contribution in [2.75, 3.05) is 45.9 Å². The average Bonchev–Trinajstić information content (AvgIpc) is 3.69. The van der Waals surface area contributed by atoms with Crippen molar-refractivity contribution in [1.82, 2.24) is 19.3 Å². The van der Waals surface area contributed by atoms with E-state index in [1.54, 1.807) is 54.0 Å². The lowest BCUT2D eigenvalue weighted by molar-refractivity contribution is -0.0495. The summed E-state index contributed by atoms with van der Waals surface area (Å²) in [5, 5.41) is 0.683. The number of hydrogen-bond donors (Lipinski definition) is 0. The summed E-state index contributed by atoms with van der Waals surface area (Å²) in [5.74, 6) is -3.68. The summed E-state index contributed by atoms with van der Waals surface area (Å²) >= 11 is 0. The van der Waals surface area contributed by atoms with Gasteiger partial charge in [0.15, 0.2) is 0 Å². The van der Waals surface area contributed by atoms with E-state index in [1.165, 1.54) is 30.6 Å². The molecular formula is C33H38F2N4O4. The number of benzene rings is 2. The molecule has 0 N–H and O–H groups in total. The summed E-state index contributed by atoms with van der Waals surface area (Å²) in [6.07, 6.45) is 4.28. The van der Waals surface area contributed by atoms with E-state index in [4.69, 9.17) is 4.74 Å². The van der Waals surface area contributed by atoms with E-state index in [-0.39, 0.29) is 50.0 Å². The highest BCUT2D eigenvalue weighted by Gasteiger charge is 2.37. The zero-order valence-corrected chi connectivity index (χ0v) is 24.6. The molecule has 10 heteroatoms. The Morgan fingerprint density at radius 2 is 1.53 bits per heavy atom. The molecule has 0 atom stereocenters. The first-order valence-corrected chi connectivity index (χ1v) is 15.4. The molecule has 228 valence electrons. The number of hydrogen-bond acceptors (Lipinski definition) is 5. The Hall–Kier alpha value is -3.79. The molecule has 3 aromatic rings. The van der Waals surface area contributed by atoms with E-state index < -0.39 is 11.9 Å². The molecule has 2 saturated heterocycles. The summed E-state index contributed by atoms with van der Waals surface area (Å²) in [4.78, 5) is 45.7. The Balaban J connectivity index is 1.32. The molecule has 3 aliphatic rings. The summed E-state index contributed by atoms with van der Waals surface area (Å²) in [6.45, 7) is 4.97. The third kappa shape index (κ3) is 6.02. The number of piperazine rings is 1. The van der Waals surface area contributed by atoms with Crippen molar-refractivity contribution in [2.45, 2.75) is 57.4 Å². The second-order valence-corrected chi connectivity index (χ2v) is 11.8. The predicted molar refractivity (Wildman–Crippen MR) is 159 cm³/mol. The smallest absolute Gasteiger partial charge is 0.338 e. The zero-order chi connectivity index (χ0) is 30.1. The maximum absolute atomic E-state index is 13.9. The number of amides is 2. The van der Waals surface area contributed by atoms with Crippen LogP contribution < -0.4 is 0 Å². The average molecular weight is 593 g/mol. The van der Waals surface area contributed by atoms with Crippen LogP contribution in [-0.2, 0) is 4.74 Å². The summed E-state index contributed by atoms with van der Waals surface area (Å²) in [5.41, 5.74) is 2.40. The highest BCUT2D eigenvalue weighted by molar-refractivity contribution is 6.03. The maximum Gasteiger partial charge on any atom is 0.338 e. The van der Waals surface area contributed by atoms with Crippen LogP contribution in [0, 0.1) is 0 Å². The topological polar surface area (TPSA) is 75.1 Å². The summed E-state index contributed by atoms with van der Waals surface area (Å²) in [7, 11) is 0. The Morgan fingerprint density at radius 3 is 2.23 bits per heavy atom. The number of nitrogens with zero attached hydrogens (tertiary/aromatic N) is 4. The van der Waals surface area contributed by atoms with Gasteiger partial charge in [0.1, 0.15) is 5.69 Å². The minimum absolute atomic E-state index is 0.0452. The van der Waals surface area contributed by atoms with Crippen molar-refractivity contribution in [1.29, 1.82) is 0 Å². The van der Waals surface area contributed by atoms with Crippen molar-refractivity contribution in [3.8, 4) is 5.69 Å². The Bertz CT molecular complexity index is 1510. The molecule has 43 heavy (non-hydrogen) atoms. The summed E-state index contributed by atoms with van der Waals surface area (Å²) in [6, 6.07) is 14.5. The second kappa shape index (κ2) is 12.1. The Morgan fingerprint density at radius 1 is 0.837 bits per heavy atom. The van der Waals surface area contributed by atoms with E-state index in [2.05, 4.69) is 4.90 Å². The third-order valence-corrected chi connectivity index (χ3v) is 9.11. The van der Waals surface area contributed by atoms with Crippen LogP contribution in [0.5, 0.6) is 0 Å². The van der Waals surface area contributed by atoms with E-state index in [9.17, 15) is 23.2 Å². The molecule has 3 heterocycles. The van der Waals surface area contributed by atoms with E-state index in [1.807, 2.05) is 11.0 Å². The number of esters is 1. The van der Waals surface area contributed by atoms with Gasteiger partial charge >= 0.3 is 5.97 Å². The second-order valence-electron chi connectivity index (χ2n) is 11.8. The van der Waals surface area contributed by atoms with E-state index in [0.29, 0.717) is 46.8 Å². The van der Waals surface area contributed by atoms with Gasteiger partial charge in [-0.2, -0.15) is 0 Å². The van der Waals surface area contributed by atoms with Crippen molar-refractivity contribution in [3.05, 3.63) is 65.4 Å². The quantitative estimate of drug-likeness (QED) is 0.360. The third-order valence-electron chi connectivity index (χ3n) is 9.11. The molecule has 3 fully saturated rings. The first-order valence-electron chi connectivity index (χ1n) is 15.4. The van der Waals surface area contributed by atoms with Crippen LogP contribution in [0.1, 0.15) is 76.7 Å². The number of ether oxygens (including phenoxy) is 1. The minimum Gasteiger partial charge on any atom is -0.462 e. The monoisotopic (exact) mass is 592 g/mol. The standard InChI is InChI=1S/C33H38F2N4O4/c1-2-43-32(42)24-6-5-9-27(21-24)39-28-11-10-23(30(40)38-18-16-36(17-19-38)26-7-3-4-8-26)20-25(28)22-29(39)31(41)37-14-12-33(34,35)13-15-37/h5-6,9-11,20-22,26H,2-4,7-8,12-19H2,1H3. The summed E-state index contributed by atoms with van der Waals surface area (Å²) < 4.78 is 34.7. The number of carbonyl (C=O) groups excluding carboxylic acids is 3. The molecule has 1 aromatic heterocycles. The van der Waals surface area contributed by atoms with Crippen molar-refractivity contribution < 1.29 is 27.9 Å². The van der Waals surface area contributed by atoms with Crippen LogP contribution in [0.25, 0.3) is 16.6 Å².